The minimum Gasteiger partial charge on any atom is -0.409 e. The van der Waals surface area contributed by atoms with Crippen molar-refractivity contribution in [1.82, 2.24) is 0 Å². The molecule has 5 heteroatoms. The average Bonchev–Trinajstić information content (AvgIpc) is 2.75. The van der Waals surface area contributed by atoms with E-state index in [1.807, 2.05) is 6.07 Å². The van der Waals surface area contributed by atoms with Crippen LogP contribution in [0.3, 0.4) is 0 Å². The Bertz CT molecular complexity index is 506. The lowest BCUT2D eigenvalue weighted by molar-refractivity contribution is -0.117. The number of carbonyl (C=O) groups excluding carboxylic acids is 1. The van der Waals surface area contributed by atoms with Crippen molar-refractivity contribution in [2.75, 3.05) is 5.32 Å². The van der Waals surface area contributed by atoms with Crippen molar-refractivity contribution in [3.8, 4) is 0 Å². The number of hydrogen-bond acceptors (Lipinski definition) is 3. The first-order valence-corrected chi connectivity index (χ1v) is 7.57. The number of nitrogens with one attached hydrogen (secondary N) is 1. The van der Waals surface area contributed by atoms with E-state index < -0.39 is 0 Å². The highest BCUT2D eigenvalue weighted by atomic mass is 16.4. The van der Waals surface area contributed by atoms with E-state index in [0.717, 1.165) is 12.8 Å². The van der Waals surface area contributed by atoms with E-state index in [4.69, 9.17) is 10.9 Å². The van der Waals surface area contributed by atoms with Crippen LogP contribution in [0.2, 0.25) is 0 Å². The summed E-state index contributed by atoms with van der Waals surface area (Å²) in [5, 5.41) is 14.7. The van der Waals surface area contributed by atoms with Gasteiger partial charge in [-0.05, 0) is 30.9 Å². The van der Waals surface area contributed by atoms with E-state index in [2.05, 4.69) is 10.5 Å². The van der Waals surface area contributed by atoms with Gasteiger partial charge in [-0.2, -0.15) is 0 Å². The van der Waals surface area contributed by atoms with Crippen LogP contribution < -0.4 is 11.1 Å². The molecule has 0 aromatic heterocycles. The van der Waals surface area contributed by atoms with E-state index >= 15 is 0 Å². The fourth-order valence-corrected chi connectivity index (χ4v) is 2.90. The third kappa shape index (κ3) is 4.48. The van der Waals surface area contributed by atoms with Crippen LogP contribution in [0.25, 0.3) is 0 Å². The van der Waals surface area contributed by atoms with Crippen molar-refractivity contribution in [3.05, 3.63) is 29.8 Å². The molecule has 0 spiro atoms. The normalized spacial score (nSPS) is 17.2. The molecule has 0 aliphatic heterocycles. The summed E-state index contributed by atoms with van der Waals surface area (Å²) in [6.07, 6.45) is 7.82. The van der Waals surface area contributed by atoms with Crippen molar-refractivity contribution in [1.29, 1.82) is 0 Å². The number of oxime groups is 1. The number of amidine groups is 1. The van der Waals surface area contributed by atoms with Crippen LogP contribution in [-0.4, -0.2) is 17.0 Å². The molecular weight excluding hydrogens is 266 g/mol. The minimum atomic E-state index is 0.0000831. The maximum Gasteiger partial charge on any atom is 0.224 e. The number of benzene rings is 1. The van der Waals surface area contributed by atoms with Crippen molar-refractivity contribution >= 4 is 17.4 Å². The fraction of sp³-hybridized carbons (Fsp3) is 0.500. The first kappa shape index (κ1) is 15.4. The summed E-state index contributed by atoms with van der Waals surface area (Å²) >= 11 is 0. The van der Waals surface area contributed by atoms with Crippen LogP contribution in [0.1, 0.15) is 50.5 Å². The quantitative estimate of drug-likeness (QED) is 0.262. The molecular formula is C16H23N3O2. The largest absolute Gasteiger partial charge is 0.409 e. The van der Waals surface area contributed by atoms with Gasteiger partial charge in [0, 0.05) is 12.0 Å². The molecule has 0 unspecified atom stereocenters. The Morgan fingerprint density at radius 3 is 2.57 bits per heavy atom. The third-order valence-electron chi connectivity index (χ3n) is 4.03. The van der Waals surface area contributed by atoms with Crippen LogP contribution in [-0.2, 0) is 4.79 Å². The summed E-state index contributed by atoms with van der Waals surface area (Å²) < 4.78 is 0. The second kappa shape index (κ2) is 7.67. The maximum absolute atomic E-state index is 12.2. The first-order valence-electron chi connectivity index (χ1n) is 7.57. The Kier molecular flexibility index (Phi) is 5.60. The fourth-order valence-electron chi connectivity index (χ4n) is 2.90. The molecule has 1 aromatic rings. The molecule has 1 aromatic carbocycles. The standard InChI is InChI=1S/C16H23N3O2/c17-16(19-21)13-9-5-6-10-14(13)18-15(20)11-12-7-3-1-2-4-8-12/h5-6,9-10,12,21H,1-4,7-8,11H2,(H2,17,19)(H,18,20). The maximum atomic E-state index is 12.2. The smallest absolute Gasteiger partial charge is 0.224 e. The van der Waals surface area contributed by atoms with Gasteiger partial charge in [0.1, 0.15) is 0 Å². The number of nitrogens with zero attached hydrogens (tertiary/aromatic N) is 1. The molecule has 0 heterocycles. The summed E-state index contributed by atoms with van der Waals surface area (Å²) in [6, 6.07) is 7.08. The Balaban J connectivity index is 1.99. The Morgan fingerprint density at radius 2 is 1.90 bits per heavy atom. The lowest BCUT2D eigenvalue weighted by Gasteiger charge is -2.15. The molecule has 2 rings (SSSR count). The highest BCUT2D eigenvalue weighted by Gasteiger charge is 2.17. The van der Waals surface area contributed by atoms with E-state index in [0.29, 0.717) is 23.6 Å². The number of rotatable bonds is 4. The van der Waals surface area contributed by atoms with Gasteiger partial charge in [0.05, 0.1) is 5.69 Å². The van der Waals surface area contributed by atoms with Crippen molar-refractivity contribution in [2.24, 2.45) is 16.8 Å². The van der Waals surface area contributed by atoms with Crippen LogP contribution in [0.15, 0.2) is 29.4 Å². The highest BCUT2D eigenvalue weighted by Crippen LogP contribution is 2.26. The van der Waals surface area contributed by atoms with Gasteiger partial charge < -0.3 is 16.3 Å². The van der Waals surface area contributed by atoms with Gasteiger partial charge in [0.25, 0.3) is 0 Å². The number of amides is 1. The lowest BCUT2D eigenvalue weighted by atomic mass is 9.96. The van der Waals surface area contributed by atoms with Gasteiger partial charge in [-0.3, -0.25) is 4.79 Å². The van der Waals surface area contributed by atoms with Gasteiger partial charge >= 0.3 is 0 Å². The Labute approximate surface area is 125 Å². The highest BCUT2D eigenvalue weighted by molar-refractivity contribution is 6.05. The zero-order valence-electron chi connectivity index (χ0n) is 12.2. The second-order valence-corrected chi connectivity index (χ2v) is 5.64. The predicted molar refractivity (Wildman–Crippen MR) is 83.4 cm³/mol. The van der Waals surface area contributed by atoms with Crippen LogP contribution in [0.5, 0.6) is 0 Å². The monoisotopic (exact) mass is 289 g/mol. The first-order chi connectivity index (χ1) is 10.2. The van der Waals surface area contributed by atoms with E-state index in [1.165, 1.54) is 25.7 Å². The number of anilines is 1. The van der Waals surface area contributed by atoms with E-state index in [9.17, 15) is 4.79 Å². The van der Waals surface area contributed by atoms with E-state index in [1.54, 1.807) is 18.2 Å². The lowest BCUT2D eigenvalue weighted by Crippen LogP contribution is -2.20. The molecule has 4 N–H and O–H groups in total. The molecule has 0 radical (unpaired) electrons. The number of carbonyl (C=O) groups is 1. The topological polar surface area (TPSA) is 87.7 Å². The molecule has 114 valence electrons. The molecule has 21 heavy (non-hydrogen) atoms. The summed E-state index contributed by atoms with van der Waals surface area (Å²) in [5.41, 5.74) is 6.75. The molecule has 1 fully saturated rings. The summed E-state index contributed by atoms with van der Waals surface area (Å²) in [7, 11) is 0. The molecule has 1 aliphatic carbocycles. The minimum absolute atomic E-state index is 0.0000831. The summed E-state index contributed by atoms with van der Waals surface area (Å²) in [4.78, 5) is 12.2. The molecule has 0 bridgehead atoms. The number of para-hydroxylation sites is 1. The average molecular weight is 289 g/mol. The molecule has 1 amide bonds. The molecule has 0 atom stereocenters. The predicted octanol–water partition coefficient (Wildman–Crippen LogP) is 3.08. The number of hydrogen-bond donors (Lipinski definition) is 3. The van der Waals surface area contributed by atoms with Crippen LogP contribution in [0, 0.1) is 5.92 Å². The van der Waals surface area contributed by atoms with Crippen molar-refractivity contribution < 1.29 is 10.0 Å². The molecule has 1 saturated carbocycles. The van der Waals surface area contributed by atoms with Crippen molar-refractivity contribution in [2.45, 2.75) is 44.9 Å². The van der Waals surface area contributed by atoms with Gasteiger partial charge in [-0.25, -0.2) is 0 Å². The van der Waals surface area contributed by atoms with Crippen LogP contribution >= 0.6 is 0 Å². The molecule has 0 saturated heterocycles. The van der Waals surface area contributed by atoms with Crippen LogP contribution in [0.4, 0.5) is 5.69 Å². The summed E-state index contributed by atoms with van der Waals surface area (Å²) in [6.45, 7) is 0. The Morgan fingerprint density at radius 1 is 1.24 bits per heavy atom. The SMILES string of the molecule is N/C(=N/O)c1ccccc1NC(=O)CC1CCCCCC1. The van der Waals surface area contributed by atoms with Gasteiger partial charge in [0.2, 0.25) is 5.91 Å². The zero-order chi connectivity index (χ0) is 15.1. The summed E-state index contributed by atoms with van der Waals surface area (Å²) in [5.74, 6) is 0.476. The Hall–Kier alpha value is -2.04. The molecule has 1 aliphatic rings. The van der Waals surface area contributed by atoms with Gasteiger partial charge in [-0.1, -0.05) is 43.0 Å². The number of nitrogens with two attached hydrogens (primary N) is 1. The van der Waals surface area contributed by atoms with Gasteiger partial charge in [0.15, 0.2) is 5.84 Å². The third-order valence-corrected chi connectivity index (χ3v) is 4.03. The molecule has 5 nitrogen and oxygen atoms in total. The van der Waals surface area contributed by atoms with Gasteiger partial charge in [-0.15, -0.1) is 0 Å². The van der Waals surface area contributed by atoms with E-state index in [-0.39, 0.29) is 11.7 Å². The zero-order valence-corrected chi connectivity index (χ0v) is 12.2. The second-order valence-electron chi connectivity index (χ2n) is 5.64. The van der Waals surface area contributed by atoms with Crippen molar-refractivity contribution in [3.63, 3.8) is 0 Å².